The molecule has 4 heteroatoms. The highest BCUT2D eigenvalue weighted by Crippen LogP contribution is 2.24. The summed E-state index contributed by atoms with van der Waals surface area (Å²) in [6.07, 6.45) is 0.778. The van der Waals surface area contributed by atoms with Crippen LogP contribution in [0.5, 0.6) is 0 Å². The predicted octanol–water partition coefficient (Wildman–Crippen LogP) is 2.96. The summed E-state index contributed by atoms with van der Waals surface area (Å²) in [7, 11) is 0. The molecule has 0 spiro atoms. The summed E-state index contributed by atoms with van der Waals surface area (Å²) in [5.41, 5.74) is 1.29. The summed E-state index contributed by atoms with van der Waals surface area (Å²) in [5.74, 6) is -0.414. The zero-order valence-electron chi connectivity index (χ0n) is 10.5. The molecule has 2 unspecified atom stereocenters. The molecule has 3 nitrogen and oxygen atoms in total. The van der Waals surface area contributed by atoms with Crippen molar-refractivity contribution in [2.45, 2.75) is 19.3 Å². The van der Waals surface area contributed by atoms with Gasteiger partial charge in [0.2, 0.25) is 0 Å². The molecule has 1 aromatic rings. The van der Waals surface area contributed by atoms with Gasteiger partial charge in [0, 0.05) is 17.6 Å². The average molecular weight is 312 g/mol. The lowest BCUT2D eigenvalue weighted by molar-refractivity contribution is -0.141. The molecule has 1 N–H and O–H groups in total. The quantitative estimate of drug-likeness (QED) is 0.929. The van der Waals surface area contributed by atoms with Crippen LogP contribution in [0.1, 0.15) is 24.8 Å². The SMILES string of the molecule is CC(CN1CCC(C(=O)O)C1)c1cccc(Br)c1. The zero-order valence-corrected chi connectivity index (χ0v) is 12.1. The van der Waals surface area contributed by atoms with Gasteiger partial charge in [0.05, 0.1) is 5.92 Å². The minimum atomic E-state index is -0.660. The molecule has 2 atom stereocenters. The van der Waals surface area contributed by atoms with Crippen LogP contribution in [0.25, 0.3) is 0 Å². The predicted molar refractivity (Wildman–Crippen MR) is 74.7 cm³/mol. The van der Waals surface area contributed by atoms with Crippen LogP contribution < -0.4 is 0 Å². The van der Waals surface area contributed by atoms with Crippen LogP contribution in [-0.2, 0) is 4.79 Å². The van der Waals surface area contributed by atoms with E-state index in [9.17, 15) is 4.79 Å². The van der Waals surface area contributed by atoms with Gasteiger partial charge in [-0.05, 0) is 36.6 Å². The standard InChI is InChI=1S/C14H18BrNO2/c1-10(11-3-2-4-13(15)7-11)8-16-6-5-12(9-16)14(17)18/h2-4,7,10,12H,5-6,8-9H2,1H3,(H,17,18). The maximum absolute atomic E-state index is 10.9. The molecule has 0 bridgehead atoms. The van der Waals surface area contributed by atoms with Gasteiger partial charge >= 0.3 is 5.97 Å². The third-order valence-corrected chi connectivity index (χ3v) is 4.06. The fourth-order valence-corrected chi connectivity index (χ4v) is 2.92. The van der Waals surface area contributed by atoms with Gasteiger partial charge in [-0.2, -0.15) is 0 Å². The fraction of sp³-hybridized carbons (Fsp3) is 0.500. The highest BCUT2D eigenvalue weighted by molar-refractivity contribution is 9.10. The van der Waals surface area contributed by atoms with Crippen molar-refractivity contribution >= 4 is 21.9 Å². The Morgan fingerprint density at radius 3 is 3.00 bits per heavy atom. The lowest BCUT2D eigenvalue weighted by Crippen LogP contribution is -2.27. The van der Waals surface area contributed by atoms with Crippen LogP contribution in [0.4, 0.5) is 0 Å². The molecule has 98 valence electrons. The molecule has 0 saturated carbocycles. The number of aliphatic carboxylic acids is 1. The molecule has 0 aromatic heterocycles. The third-order valence-electron chi connectivity index (χ3n) is 3.57. The topological polar surface area (TPSA) is 40.5 Å². The fourth-order valence-electron chi connectivity index (χ4n) is 2.51. The van der Waals surface area contributed by atoms with E-state index in [4.69, 9.17) is 5.11 Å². The minimum Gasteiger partial charge on any atom is -0.481 e. The van der Waals surface area contributed by atoms with Crippen LogP contribution in [0.15, 0.2) is 28.7 Å². The number of rotatable bonds is 4. The van der Waals surface area contributed by atoms with Gasteiger partial charge in [0.25, 0.3) is 0 Å². The van der Waals surface area contributed by atoms with Gasteiger partial charge in [-0.15, -0.1) is 0 Å². The average Bonchev–Trinajstić information content (AvgIpc) is 2.77. The van der Waals surface area contributed by atoms with Gasteiger partial charge in [-0.3, -0.25) is 4.79 Å². The minimum absolute atomic E-state index is 0.181. The summed E-state index contributed by atoms with van der Waals surface area (Å²) in [6, 6.07) is 8.32. The van der Waals surface area contributed by atoms with E-state index in [1.807, 2.05) is 12.1 Å². The Balaban J connectivity index is 1.92. The first-order chi connectivity index (χ1) is 8.56. The van der Waals surface area contributed by atoms with Crippen molar-refractivity contribution in [1.29, 1.82) is 0 Å². The number of nitrogens with zero attached hydrogens (tertiary/aromatic N) is 1. The molecule has 1 aliphatic heterocycles. The summed E-state index contributed by atoms with van der Waals surface area (Å²) >= 11 is 3.48. The first-order valence-corrected chi connectivity index (χ1v) is 7.06. The van der Waals surface area contributed by atoms with Crippen molar-refractivity contribution in [2.75, 3.05) is 19.6 Å². The molecular weight excluding hydrogens is 294 g/mol. The third kappa shape index (κ3) is 3.33. The number of carbonyl (C=O) groups is 1. The molecular formula is C14H18BrNO2. The van der Waals surface area contributed by atoms with E-state index >= 15 is 0 Å². The highest BCUT2D eigenvalue weighted by atomic mass is 79.9. The van der Waals surface area contributed by atoms with E-state index in [1.54, 1.807) is 0 Å². The molecule has 1 aliphatic rings. The van der Waals surface area contributed by atoms with Crippen LogP contribution in [0.3, 0.4) is 0 Å². The van der Waals surface area contributed by atoms with E-state index in [0.29, 0.717) is 12.5 Å². The molecule has 0 radical (unpaired) electrons. The number of carboxylic acid groups (broad SMARTS) is 1. The van der Waals surface area contributed by atoms with E-state index in [-0.39, 0.29) is 5.92 Å². The second-order valence-corrected chi connectivity index (χ2v) is 5.96. The molecule has 1 aromatic carbocycles. The van der Waals surface area contributed by atoms with Crippen molar-refractivity contribution < 1.29 is 9.90 Å². The van der Waals surface area contributed by atoms with Crippen LogP contribution in [0.2, 0.25) is 0 Å². The van der Waals surface area contributed by atoms with Gasteiger partial charge in [0.15, 0.2) is 0 Å². The number of hydrogen-bond donors (Lipinski definition) is 1. The first-order valence-electron chi connectivity index (χ1n) is 6.27. The Hall–Kier alpha value is -0.870. The molecule has 0 aliphatic carbocycles. The maximum Gasteiger partial charge on any atom is 0.307 e. The molecule has 1 fully saturated rings. The monoisotopic (exact) mass is 311 g/mol. The Morgan fingerprint density at radius 1 is 1.61 bits per heavy atom. The Kier molecular flexibility index (Phi) is 4.40. The smallest absolute Gasteiger partial charge is 0.307 e. The number of carboxylic acids is 1. The van der Waals surface area contributed by atoms with Crippen LogP contribution in [0, 0.1) is 5.92 Å². The molecule has 1 heterocycles. The molecule has 1 saturated heterocycles. The van der Waals surface area contributed by atoms with Gasteiger partial charge in [0.1, 0.15) is 0 Å². The maximum atomic E-state index is 10.9. The van der Waals surface area contributed by atoms with Gasteiger partial charge in [-0.1, -0.05) is 35.0 Å². The second-order valence-electron chi connectivity index (χ2n) is 5.04. The Labute approximate surface area is 116 Å². The van der Waals surface area contributed by atoms with Crippen molar-refractivity contribution in [3.05, 3.63) is 34.3 Å². The summed E-state index contributed by atoms with van der Waals surface area (Å²) in [5, 5.41) is 8.99. The summed E-state index contributed by atoms with van der Waals surface area (Å²) in [6.45, 7) is 4.71. The lowest BCUT2D eigenvalue weighted by atomic mass is 10.0. The highest BCUT2D eigenvalue weighted by Gasteiger charge is 2.28. The van der Waals surface area contributed by atoms with E-state index in [0.717, 1.165) is 24.0 Å². The van der Waals surface area contributed by atoms with Crippen molar-refractivity contribution in [1.82, 2.24) is 4.90 Å². The lowest BCUT2D eigenvalue weighted by Gasteiger charge is -2.21. The summed E-state index contributed by atoms with van der Waals surface area (Å²) < 4.78 is 1.09. The number of halogens is 1. The second kappa shape index (κ2) is 5.85. The van der Waals surface area contributed by atoms with E-state index in [1.165, 1.54) is 5.56 Å². The van der Waals surface area contributed by atoms with E-state index < -0.39 is 5.97 Å². The number of benzene rings is 1. The Bertz CT molecular complexity index is 436. The summed E-state index contributed by atoms with van der Waals surface area (Å²) in [4.78, 5) is 13.2. The van der Waals surface area contributed by atoms with E-state index in [2.05, 4.69) is 39.9 Å². The van der Waals surface area contributed by atoms with Gasteiger partial charge in [-0.25, -0.2) is 0 Å². The Morgan fingerprint density at radius 2 is 2.39 bits per heavy atom. The van der Waals surface area contributed by atoms with Gasteiger partial charge < -0.3 is 10.0 Å². The largest absolute Gasteiger partial charge is 0.481 e. The van der Waals surface area contributed by atoms with Crippen molar-refractivity contribution in [3.63, 3.8) is 0 Å². The normalized spacial score (nSPS) is 22.0. The number of likely N-dealkylation sites (tertiary alicyclic amines) is 1. The first kappa shape index (κ1) is 13.6. The van der Waals surface area contributed by atoms with Crippen molar-refractivity contribution in [2.24, 2.45) is 5.92 Å². The van der Waals surface area contributed by atoms with Crippen LogP contribution >= 0.6 is 15.9 Å². The zero-order chi connectivity index (χ0) is 13.1. The molecule has 0 amide bonds. The molecule has 18 heavy (non-hydrogen) atoms. The van der Waals surface area contributed by atoms with Crippen LogP contribution in [-0.4, -0.2) is 35.6 Å². The van der Waals surface area contributed by atoms with Crippen molar-refractivity contribution in [3.8, 4) is 0 Å². The molecule has 2 rings (SSSR count). The number of hydrogen-bond acceptors (Lipinski definition) is 2.